The van der Waals surface area contributed by atoms with Crippen molar-refractivity contribution in [1.82, 2.24) is 0 Å². The molecule has 3 aromatic rings. The molecular formula is C25H21BrN2O5. The lowest BCUT2D eigenvalue weighted by atomic mass is 9.90. The lowest BCUT2D eigenvalue weighted by Gasteiger charge is -2.29. The number of anilines is 2. The lowest BCUT2D eigenvalue weighted by molar-refractivity contribution is -0.126. The molecule has 2 fully saturated rings. The molecule has 0 aliphatic carbocycles. The quantitative estimate of drug-likeness (QED) is 0.521. The number of nitrogens with zero attached hydrogens (tertiary/aromatic N) is 2. The second-order valence-corrected chi connectivity index (χ2v) is 8.91. The smallest absolute Gasteiger partial charge is 0.266 e. The highest BCUT2D eigenvalue weighted by Crippen LogP contribution is 2.49. The molecule has 168 valence electrons. The number of para-hydroxylation sites is 1. The van der Waals surface area contributed by atoms with E-state index >= 15 is 0 Å². The topological polar surface area (TPSA) is 79.3 Å². The van der Waals surface area contributed by atoms with E-state index in [1.807, 2.05) is 49.4 Å². The minimum atomic E-state index is -0.970. The number of phenolic OH excluding ortho intramolecular Hbond substituents is 1. The molecule has 3 atom stereocenters. The summed E-state index contributed by atoms with van der Waals surface area (Å²) in [5, 5.41) is 11.9. The van der Waals surface area contributed by atoms with E-state index in [4.69, 9.17) is 9.57 Å². The van der Waals surface area contributed by atoms with Gasteiger partial charge in [0.05, 0.1) is 29.0 Å². The first-order chi connectivity index (χ1) is 15.9. The number of aryl methyl sites for hydroxylation is 1. The maximum atomic E-state index is 13.7. The van der Waals surface area contributed by atoms with E-state index in [2.05, 4.69) is 15.9 Å². The number of hydroxylamine groups is 1. The van der Waals surface area contributed by atoms with Crippen LogP contribution in [0.3, 0.4) is 0 Å². The van der Waals surface area contributed by atoms with Crippen LogP contribution in [0.15, 0.2) is 71.2 Å². The zero-order valence-corrected chi connectivity index (χ0v) is 19.5. The Bertz CT molecular complexity index is 1230. The predicted octanol–water partition coefficient (Wildman–Crippen LogP) is 4.52. The predicted molar refractivity (Wildman–Crippen MR) is 126 cm³/mol. The number of imide groups is 1. The van der Waals surface area contributed by atoms with Crippen molar-refractivity contribution in [2.75, 3.05) is 17.1 Å². The number of halogens is 1. The van der Waals surface area contributed by atoms with Crippen molar-refractivity contribution in [3.63, 3.8) is 0 Å². The molecule has 0 spiro atoms. The summed E-state index contributed by atoms with van der Waals surface area (Å²) in [4.78, 5) is 34.4. The van der Waals surface area contributed by atoms with E-state index < -0.39 is 24.0 Å². The van der Waals surface area contributed by atoms with Crippen LogP contribution >= 0.6 is 15.9 Å². The number of hydrogen-bond donors (Lipinski definition) is 1. The van der Waals surface area contributed by atoms with Gasteiger partial charge in [0.25, 0.3) is 5.91 Å². The van der Waals surface area contributed by atoms with Gasteiger partial charge in [0.1, 0.15) is 5.92 Å². The van der Waals surface area contributed by atoms with Crippen molar-refractivity contribution in [1.29, 1.82) is 0 Å². The van der Waals surface area contributed by atoms with Gasteiger partial charge in [-0.05, 0) is 64.8 Å². The highest BCUT2D eigenvalue weighted by molar-refractivity contribution is 9.10. The molecule has 3 aromatic carbocycles. The van der Waals surface area contributed by atoms with E-state index in [-0.39, 0.29) is 17.4 Å². The summed E-state index contributed by atoms with van der Waals surface area (Å²) >= 11 is 3.36. The molecule has 5 rings (SSSR count). The molecule has 2 amide bonds. The van der Waals surface area contributed by atoms with Crippen molar-refractivity contribution in [3.8, 4) is 11.5 Å². The molecule has 0 radical (unpaired) electrons. The Morgan fingerprint density at radius 2 is 1.67 bits per heavy atom. The highest BCUT2D eigenvalue weighted by Gasteiger charge is 2.60. The van der Waals surface area contributed by atoms with Gasteiger partial charge in [0.2, 0.25) is 5.91 Å². The fourth-order valence-electron chi connectivity index (χ4n) is 4.42. The van der Waals surface area contributed by atoms with Crippen molar-refractivity contribution in [2.24, 2.45) is 5.92 Å². The number of amides is 2. The van der Waals surface area contributed by atoms with Gasteiger partial charge in [0.15, 0.2) is 17.6 Å². The summed E-state index contributed by atoms with van der Waals surface area (Å²) in [6.07, 6.45) is -0.970. The third-order valence-corrected chi connectivity index (χ3v) is 6.63. The summed E-state index contributed by atoms with van der Waals surface area (Å²) in [6.45, 7) is 1.94. The van der Waals surface area contributed by atoms with Crippen LogP contribution < -0.4 is 14.7 Å². The van der Waals surface area contributed by atoms with E-state index in [1.54, 1.807) is 29.3 Å². The van der Waals surface area contributed by atoms with Gasteiger partial charge in [-0.3, -0.25) is 14.4 Å². The Labute approximate surface area is 199 Å². The van der Waals surface area contributed by atoms with Gasteiger partial charge < -0.3 is 9.84 Å². The van der Waals surface area contributed by atoms with Crippen LogP contribution in [0.4, 0.5) is 11.4 Å². The molecule has 1 N–H and O–H groups in total. The van der Waals surface area contributed by atoms with Crippen LogP contribution in [0.25, 0.3) is 0 Å². The molecule has 2 aliphatic rings. The van der Waals surface area contributed by atoms with Crippen molar-refractivity contribution in [2.45, 2.75) is 19.1 Å². The van der Waals surface area contributed by atoms with Crippen molar-refractivity contribution < 1.29 is 24.3 Å². The monoisotopic (exact) mass is 508 g/mol. The van der Waals surface area contributed by atoms with E-state index in [1.165, 1.54) is 12.0 Å². The fraction of sp³-hybridized carbons (Fsp3) is 0.200. The number of aromatic hydroxyl groups is 1. The van der Waals surface area contributed by atoms with E-state index in [9.17, 15) is 14.7 Å². The number of rotatable bonds is 4. The molecule has 33 heavy (non-hydrogen) atoms. The van der Waals surface area contributed by atoms with Crippen LogP contribution in [-0.2, 0) is 14.4 Å². The molecule has 2 saturated heterocycles. The van der Waals surface area contributed by atoms with Crippen LogP contribution in [0.5, 0.6) is 11.5 Å². The Morgan fingerprint density at radius 1 is 0.970 bits per heavy atom. The number of carbonyl (C=O) groups excluding carboxylic acids is 2. The Kier molecular flexibility index (Phi) is 5.34. The molecule has 3 unspecified atom stereocenters. The molecule has 2 aliphatic heterocycles. The summed E-state index contributed by atoms with van der Waals surface area (Å²) in [5.41, 5.74) is 2.92. The number of methoxy groups -OCH3 is 1. The second kappa shape index (κ2) is 8.20. The van der Waals surface area contributed by atoms with Crippen LogP contribution in [0.2, 0.25) is 0 Å². The Morgan fingerprint density at radius 3 is 2.33 bits per heavy atom. The minimum Gasteiger partial charge on any atom is -0.503 e. The fourth-order valence-corrected chi connectivity index (χ4v) is 4.88. The summed E-state index contributed by atoms with van der Waals surface area (Å²) in [6, 6.07) is 19.3. The maximum absolute atomic E-state index is 13.7. The normalized spacial score (nSPS) is 22.1. The summed E-state index contributed by atoms with van der Waals surface area (Å²) < 4.78 is 5.74. The van der Waals surface area contributed by atoms with Crippen LogP contribution in [0.1, 0.15) is 17.2 Å². The van der Waals surface area contributed by atoms with Crippen molar-refractivity contribution in [3.05, 3.63) is 82.3 Å². The van der Waals surface area contributed by atoms with Gasteiger partial charge in [-0.1, -0.05) is 35.9 Å². The molecular weight excluding hydrogens is 488 g/mol. The number of fused-ring (bicyclic) bond motifs is 1. The van der Waals surface area contributed by atoms with Gasteiger partial charge >= 0.3 is 0 Å². The van der Waals surface area contributed by atoms with E-state index in [0.717, 1.165) is 5.56 Å². The third-order valence-electron chi connectivity index (χ3n) is 6.03. The van der Waals surface area contributed by atoms with Gasteiger partial charge in [-0.15, -0.1) is 0 Å². The van der Waals surface area contributed by atoms with Crippen molar-refractivity contribution >= 4 is 39.1 Å². The van der Waals surface area contributed by atoms with Crippen LogP contribution in [-0.4, -0.2) is 30.1 Å². The number of ether oxygens (including phenoxy) is 1. The summed E-state index contributed by atoms with van der Waals surface area (Å²) in [5.74, 6) is -1.30. The molecule has 0 saturated carbocycles. The Balaban J connectivity index is 1.62. The molecule has 2 heterocycles. The van der Waals surface area contributed by atoms with E-state index in [0.29, 0.717) is 21.4 Å². The average Bonchev–Trinajstić information content (AvgIpc) is 3.33. The molecule has 0 bridgehead atoms. The SMILES string of the molecule is COc1cc(C2C3C(=O)N(c4ccc(C)cc4)C(=O)C3ON2c2ccccc2)cc(Br)c1O. The number of hydrogen-bond acceptors (Lipinski definition) is 6. The van der Waals surface area contributed by atoms with Gasteiger partial charge in [0, 0.05) is 0 Å². The summed E-state index contributed by atoms with van der Waals surface area (Å²) in [7, 11) is 1.46. The molecule has 7 nitrogen and oxygen atoms in total. The zero-order valence-electron chi connectivity index (χ0n) is 17.9. The first-order valence-corrected chi connectivity index (χ1v) is 11.2. The van der Waals surface area contributed by atoms with Crippen LogP contribution in [0, 0.1) is 12.8 Å². The first-order valence-electron chi connectivity index (χ1n) is 10.4. The lowest BCUT2D eigenvalue weighted by Crippen LogP contribution is -2.37. The van der Waals surface area contributed by atoms with Gasteiger partial charge in [-0.25, -0.2) is 9.96 Å². The first kappa shape index (κ1) is 21.5. The number of benzene rings is 3. The number of phenols is 1. The molecule has 8 heteroatoms. The standard InChI is InChI=1S/C25H21BrN2O5/c1-14-8-10-16(11-9-14)27-24(30)20-21(15-12-18(26)22(29)19(13-15)32-2)28(33-23(20)25(27)31)17-6-4-3-5-7-17/h3-13,20-21,23,29H,1-2H3. The van der Waals surface area contributed by atoms with Gasteiger partial charge in [-0.2, -0.15) is 0 Å². The second-order valence-electron chi connectivity index (χ2n) is 8.06. The maximum Gasteiger partial charge on any atom is 0.266 e. The third kappa shape index (κ3) is 3.46. The highest BCUT2D eigenvalue weighted by atomic mass is 79.9. The molecule has 0 aromatic heterocycles. The zero-order chi connectivity index (χ0) is 23.3. The minimum absolute atomic E-state index is 0.0434. The average molecular weight is 509 g/mol. The largest absolute Gasteiger partial charge is 0.503 e. The Hall–Kier alpha value is -3.36. The number of carbonyl (C=O) groups is 2.